The maximum atomic E-state index is 13.4. The van der Waals surface area contributed by atoms with Crippen molar-refractivity contribution in [2.45, 2.75) is 20.8 Å². The number of carbonyl (C=O) groups excluding carboxylic acids is 2. The number of hydrogen-bond acceptors (Lipinski definition) is 6. The van der Waals surface area contributed by atoms with Crippen molar-refractivity contribution in [1.82, 2.24) is 5.16 Å². The maximum absolute atomic E-state index is 13.4. The first-order chi connectivity index (χ1) is 16.3. The van der Waals surface area contributed by atoms with Crippen LogP contribution in [0.15, 0.2) is 52.4 Å². The second-order valence-corrected chi connectivity index (χ2v) is 9.15. The Morgan fingerprint density at radius 2 is 1.74 bits per heavy atom. The van der Waals surface area contributed by atoms with Crippen LogP contribution in [0.5, 0.6) is 0 Å². The van der Waals surface area contributed by atoms with Crippen LogP contribution in [0.4, 0.5) is 5.00 Å². The first kappa shape index (κ1) is 24.0. The van der Waals surface area contributed by atoms with Crippen LogP contribution >= 0.6 is 34.5 Å². The number of nitrogens with one attached hydrogen (secondary N) is 1. The van der Waals surface area contributed by atoms with E-state index in [2.05, 4.69) is 10.5 Å². The van der Waals surface area contributed by atoms with Crippen molar-refractivity contribution >= 4 is 51.4 Å². The summed E-state index contributed by atoms with van der Waals surface area (Å²) >= 11 is 13.9. The van der Waals surface area contributed by atoms with Gasteiger partial charge in [0.25, 0.3) is 5.91 Å². The molecule has 0 aliphatic heterocycles. The van der Waals surface area contributed by atoms with E-state index in [0.29, 0.717) is 26.2 Å². The summed E-state index contributed by atoms with van der Waals surface area (Å²) in [5.74, 6) is -0.741. The first-order valence-corrected chi connectivity index (χ1v) is 12.0. The van der Waals surface area contributed by atoms with Crippen LogP contribution in [0, 0.1) is 13.8 Å². The quantitative estimate of drug-likeness (QED) is 0.270. The summed E-state index contributed by atoms with van der Waals surface area (Å²) in [5.41, 5.74) is 3.69. The van der Waals surface area contributed by atoms with E-state index in [0.717, 1.165) is 11.1 Å². The minimum Gasteiger partial charge on any atom is -0.462 e. The zero-order chi connectivity index (χ0) is 24.4. The molecule has 174 valence electrons. The van der Waals surface area contributed by atoms with Gasteiger partial charge in [-0.2, -0.15) is 0 Å². The van der Waals surface area contributed by atoms with E-state index < -0.39 is 11.9 Å². The number of benzene rings is 2. The number of esters is 1. The Labute approximate surface area is 210 Å². The van der Waals surface area contributed by atoms with Gasteiger partial charge in [-0.1, -0.05) is 64.3 Å². The highest BCUT2D eigenvalue weighted by molar-refractivity contribution is 7.15. The number of rotatable bonds is 6. The van der Waals surface area contributed by atoms with Gasteiger partial charge < -0.3 is 14.6 Å². The van der Waals surface area contributed by atoms with E-state index in [1.165, 1.54) is 11.3 Å². The normalized spacial score (nSPS) is 10.9. The fourth-order valence-electron chi connectivity index (χ4n) is 3.50. The predicted molar refractivity (Wildman–Crippen MR) is 135 cm³/mol. The lowest BCUT2D eigenvalue weighted by molar-refractivity contribution is 0.0529. The summed E-state index contributed by atoms with van der Waals surface area (Å²) in [7, 11) is 0. The number of nitrogens with zero attached hydrogens (tertiary/aromatic N) is 1. The van der Waals surface area contributed by atoms with Crippen molar-refractivity contribution in [3.8, 4) is 22.4 Å². The van der Waals surface area contributed by atoms with Gasteiger partial charge in [0.1, 0.15) is 27.6 Å². The van der Waals surface area contributed by atoms with Gasteiger partial charge in [-0.15, -0.1) is 11.3 Å². The number of hydrogen-bond donors (Lipinski definition) is 1. The SMILES string of the molecule is CCOC(=O)c1c(-c2ccc(C)cc2)csc1NC(=O)c1c(-c2c(Cl)cccc2Cl)noc1C. The molecule has 4 aromatic rings. The third kappa shape index (κ3) is 4.59. The highest BCUT2D eigenvalue weighted by atomic mass is 35.5. The maximum Gasteiger partial charge on any atom is 0.341 e. The Bertz CT molecular complexity index is 1360. The molecule has 0 aliphatic rings. The van der Waals surface area contributed by atoms with Gasteiger partial charge >= 0.3 is 5.97 Å². The van der Waals surface area contributed by atoms with Gasteiger partial charge in [0, 0.05) is 16.5 Å². The molecule has 0 radical (unpaired) electrons. The van der Waals surface area contributed by atoms with Crippen molar-refractivity contribution in [2.75, 3.05) is 11.9 Å². The summed E-state index contributed by atoms with van der Waals surface area (Å²) in [5, 5.41) is 9.70. The Balaban J connectivity index is 1.76. The van der Waals surface area contributed by atoms with Gasteiger partial charge in [0.05, 0.1) is 16.7 Å². The largest absolute Gasteiger partial charge is 0.462 e. The number of thiophene rings is 1. The third-order valence-electron chi connectivity index (χ3n) is 5.15. The predicted octanol–water partition coefficient (Wildman–Crippen LogP) is 7.42. The van der Waals surface area contributed by atoms with Crippen molar-refractivity contribution in [1.29, 1.82) is 0 Å². The molecule has 2 heterocycles. The third-order valence-corrected chi connectivity index (χ3v) is 6.67. The average Bonchev–Trinajstić information content (AvgIpc) is 3.38. The van der Waals surface area contributed by atoms with Crippen molar-refractivity contribution < 1.29 is 18.8 Å². The molecule has 0 fully saturated rings. The molecule has 34 heavy (non-hydrogen) atoms. The molecule has 4 rings (SSSR count). The van der Waals surface area contributed by atoms with Crippen LogP contribution in [0.25, 0.3) is 22.4 Å². The molecule has 0 saturated carbocycles. The number of carbonyl (C=O) groups is 2. The Morgan fingerprint density at radius 3 is 2.38 bits per heavy atom. The highest BCUT2D eigenvalue weighted by Gasteiger charge is 2.28. The molecular weight excluding hydrogens is 495 g/mol. The van der Waals surface area contributed by atoms with Crippen LogP contribution in [-0.2, 0) is 4.74 Å². The molecule has 0 spiro atoms. The Kier molecular flexibility index (Phi) is 7.07. The fraction of sp³-hybridized carbons (Fsp3) is 0.160. The lowest BCUT2D eigenvalue weighted by atomic mass is 10.0. The van der Waals surface area contributed by atoms with Crippen LogP contribution in [-0.4, -0.2) is 23.6 Å². The smallest absolute Gasteiger partial charge is 0.341 e. The molecular formula is C25H20Cl2N2O4S. The molecule has 1 N–H and O–H groups in total. The van der Waals surface area contributed by atoms with Gasteiger partial charge in [-0.05, 0) is 38.5 Å². The van der Waals surface area contributed by atoms with Crippen molar-refractivity contribution in [2.24, 2.45) is 0 Å². The van der Waals surface area contributed by atoms with E-state index in [9.17, 15) is 9.59 Å². The number of amides is 1. The van der Waals surface area contributed by atoms with Crippen molar-refractivity contribution in [3.05, 3.63) is 80.3 Å². The molecule has 0 bridgehead atoms. The van der Waals surface area contributed by atoms with Gasteiger partial charge in [-0.3, -0.25) is 4.79 Å². The topological polar surface area (TPSA) is 81.4 Å². The summed E-state index contributed by atoms with van der Waals surface area (Å²) < 4.78 is 10.6. The molecule has 9 heteroatoms. The fourth-order valence-corrected chi connectivity index (χ4v) is 5.03. The minimum atomic E-state index is -0.522. The number of aromatic nitrogens is 1. The number of ether oxygens (including phenoxy) is 1. The summed E-state index contributed by atoms with van der Waals surface area (Å²) in [6, 6.07) is 12.8. The Hall–Kier alpha value is -3.13. The lowest BCUT2D eigenvalue weighted by Crippen LogP contribution is -2.16. The van der Waals surface area contributed by atoms with E-state index >= 15 is 0 Å². The second-order valence-electron chi connectivity index (χ2n) is 7.45. The molecule has 1 amide bonds. The zero-order valence-electron chi connectivity index (χ0n) is 18.6. The van der Waals surface area contributed by atoms with Crippen LogP contribution in [0.3, 0.4) is 0 Å². The van der Waals surface area contributed by atoms with Gasteiger partial charge in [-0.25, -0.2) is 4.79 Å². The van der Waals surface area contributed by atoms with Gasteiger partial charge in [0.2, 0.25) is 0 Å². The minimum absolute atomic E-state index is 0.176. The molecule has 6 nitrogen and oxygen atoms in total. The van der Waals surface area contributed by atoms with Crippen molar-refractivity contribution in [3.63, 3.8) is 0 Å². The molecule has 0 unspecified atom stereocenters. The monoisotopic (exact) mass is 514 g/mol. The van der Waals surface area contributed by atoms with E-state index in [1.807, 2.05) is 36.6 Å². The average molecular weight is 515 g/mol. The van der Waals surface area contributed by atoms with Crippen LogP contribution in [0.2, 0.25) is 10.0 Å². The molecule has 2 aromatic heterocycles. The zero-order valence-corrected chi connectivity index (χ0v) is 20.9. The molecule has 0 atom stereocenters. The number of aryl methyl sites for hydroxylation is 2. The standard InChI is InChI=1S/C25H20Cl2N2O4S/c1-4-32-25(31)20-16(15-10-8-13(2)9-11-15)12-34-24(20)28-23(30)19-14(3)33-29-22(19)21-17(26)6-5-7-18(21)27/h5-12H,4H2,1-3H3,(H,28,30). The summed E-state index contributed by atoms with van der Waals surface area (Å²) in [4.78, 5) is 26.3. The van der Waals surface area contributed by atoms with E-state index in [-0.39, 0.29) is 29.2 Å². The van der Waals surface area contributed by atoms with Crippen LogP contribution in [0.1, 0.15) is 39.0 Å². The molecule has 0 saturated heterocycles. The summed E-state index contributed by atoms with van der Waals surface area (Å²) in [6.07, 6.45) is 0. The highest BCUT2D eigenvalue weighted by Crippen LogP contribution is 2.39. The van der Waals surface area contributed by atoms with E-state index in [1.54, 1.807) is 32.0 Å². The molecule has 0 aliphatic carbocycles. The second kappa shape index (κ2) is 10.0. The number of anilines is 1. The number of halogens is 2. The Morgan fingerprint density at radius 1 is 1.06 bits per heavy atom. The van der Waals surface area contributed by atoms with Gasteiger partial charge in [0.15, 0.2) is 0 Å². The molecule has 2 aromatic carbocycles. The lowest BCUT2D eigenvalue weighted by Gasteiger charge is -2.10. The van der Waals surface area contributed by atoms with Crippen LogP contribution < -0.4 is 5.32 Å². The summed E-state index contributed by atoms with van der Waals surface area (Å²) in [6.45, 7) is 5.54. The first-order valence-electron chi connectivity index (χ1n) is 10.4. The van der Waals surface area contributed by atoms with E-state index in [4.69, 9.17) is 32.5 Å².